The van der Waals surface area contributed by atoms with Crippen LogP contribution in [-0.4, -0.2) is 11.1 Å². The van der Waals surface area contributed by atoms with Crippen molar-refractivity contribution in [2.45, 2.75) is 46.1 Å². The van der Waals surface area contributed by atoms with Crippen LogP contribution in [0.2, 0.25) is 0 Å². The number of nitrogens with two attached hydrogens (primary N) is 1. The number of pyridine rings is 1. The smallest absolute Gasteiger partial charge is 0.140 e. The molecule has 1 fully saturated rings. The lowest BCUT2D eigenvalue weighted by atomic mass is 9.71. The van der Waals surface area contributed by atoms with Gasteiger partial charge in [-0.2, -0.15) is 0 Å². The quantitative estimate of drug-likeness (QED) is 0.854. The Morgan fingerprint density at radius 2 is 2.12 bits per heavy atom. The van der Waals surface area contributed by atoms with Gasteiger partial charge in [-0.15, -0.1) is 0 Å². The van der Waals surface area contributed by atoms with E-state index in [-0.39, 0.29) is 6.10 Å². The van der Waals surface area contributed by atoms with Crippen molar-refractivity contribution in [2.24, 2.45) is 11.3 Å². The van der Waals surface area contributed by atoms with E-state index in [0.29, 0.717) is 11.1 Å². The van der Waals surface area contributed by atoms with Crippen molar-refractivity contribution in [3.63, 3.8) is 0 Å². The molecule has 3 nitrogen and oxygen atoms in total. The van der Waals surface area contributed by atoms with Gasteiger partial charge in [-0.25, -0.2) is 0 Å². The molecule has 2 N–H and O–H groups in total. The molecule has 0 spiro atoms. The molecule has 17 heavy (non-hydrogen) atoms. The zero-order valence-corrected chi connectivity index (χ0v) is 10.9. The molecule has 1 aliphatic rings. The standard InChI is InChI=1S/C14H22N2O/c1-10-4-12(7-14(2,3)6-10)17-13-5-11(15)8-16-9-13/h5,8-10,12H,4,6-7,15H2,1-3H3. The Labute approximate surface area is 103 Å². The van der Waals surface area contributed by atoms with E-state index in [9.17, 15) is 0 Å². The summed E-state index contributed by atoms with van der Waals surface area (Å²) in [4.78, 5) is 4.06. The molecule has 0 radical (unpaired) electrons. The van der Waals surface area contributed by atoms with Crippen LogP contribution in [-0.2, 0) is 0 Å². The molecule has 2 rings (SSSR count). The Balaban J connectivity index is 2.03. The lowest BCUT2D eigenvalue weighted by Gasteiger charge is -2.38. The molecule has 2 atom stereocenters. The van der Waals surface area contributed by atoms with E-state index in [4.69, 9.17) is 10.5 Å². The van der Waals surface area contributed by atoms with Crippen LogP contribution in [0, 0.1) is 11.3 Å². The largest absolute Gasteiger partial charge is 0.489 e. The van der Waals surface area contributed by atoms with Crippen molar-refractivity contribution in [2.75, 3.05) is 5.73 Å². The molecule has 1 aromatic heterocycles. The predicted molar refractivity (Wildman–Crippen MR) is 69.9 cm³/mol. The summed E-state index contributed by atoms with van der Waals surface area (Å²) in [6, 6.07) is 1.85. The Morgan fingerprint density at radius 3 is 2.76 bits per heavy atom. The Morgan fingerprint density at radius 1 is 1.35 bits per heavy atom. The van der Waals surface area contributed by atoms with Crippen LogP contribution >= 0.6 is 0 Å². The minimum absolute atomic E-state index is 0.289. The van der Waals surface area contributed by atoms with Gasteiger partial charge < -0.3 is 10.5 Å². The third kappa shape index (κ3) is 3.35. The van der Waals surface area contributed by atoms with E-state index in [1.54, 1.807) is 12.4 Å². The molecule has 0 aliphatic heterocycles. The number of rotatable bonds is 2. The van der Waals surface area contributed by atoms with Gasteiger partial charge in [-0.3, -0.25) is 4.98 Å². The van der Waals surface area contributed by atoms with Crippen LogP contribution in [0.4, 0.5) is 5.69 Å². The molecule has 0 amide bonds. The highest BCUT2D eigenvalue weighted by Crippen LogP contribution is 2.39. The van der Waals surface area contributed by atoms with Crippen molar-refractivity contribution < 1.29 is 4.74 Å². The highest BCUT2D eigenvalue weighted by molar-refractivity contribution is 5.40. The summed E-state index contributed by atoms with van der Waals surface area (Å²) in [6.45, 7) is 6.93. The summed E-state index contributed by atoms with van der Waals surface area (Å²) in [5.41, 5.74) is 6.73. The van der Waals surface area contributed by atoms with Gasteiger partial charge in [0, 0.05) is 6.07 Å². The van der Waals surface area contributed by atoms with Crippen LogP contribution in [0.25, 0.3) is 0 Å². The first-order valence-corrected chi connectivity index (χ1v) is 6.32. The van der Waals surface area contributed by atoms with Crippen molar-refractivity contribution >= 4 is 5.69 Å². The van der Waals surface area contributed by atoms with Gasteiger partial charge in [0.2, 0.25) is 0 Å². The van der Waals surface area contributed by atoms with Gasteiger partial charge >= 0.3 is 0 Å². The molecule has 94 valence electrons. The van der Waals surface area contributed by atoms with Crippen LogP contribution in [0.5, 0.6) is 5.75 Å². The number of hydrogen-bond donors (Lipinski definition) is 1. The first-order chi connectivity index (χ1) is 7.94. The van der Waals surface area contributed by atoms with Crippen LogP contribution in [0.3, 0.4) is 0 Å². The van der Waals surface area contributed by atoms with Gasteiger partial charge in [0.25, 0.3) is 0 Å². The lowest BCUT2D eigenvalue weighted by Crippen LogP contribution is -2.34. The summed E-state index contributed by atoms with van der Waals surface area (Å²) in [6.07, 6.45) is 7.17. The molecule has 0 bridgehead atoms. The second-order valence-corrected chi connectivity index (χ2v) is 6.11. The lowest BCUT2D eigenvalue weighted by molar-refractivity contribution is 0.0561. The summed E-state index contributed by atoms with van der Waals surface area (Å²) in [7, 11) is 0. The predicted octanol–water partition coefficient (Wildman–Crippen LogP) is 3.26. The minimum atomic E-state index is 0.289. The fourth-order valence-electron chi connectivity index (χ4n) is 3.04. The first-order valence-electron chi connectivity index (χ1n) is 6.32. The van der Waals surface area contributed by atoms with E-state index in [1.807, 2.05) is 6.07 Å². The maximum Gasteiger partial charge on any atom is 0.140 e. The van der Waals surface area contributed by atoms with Crippen molar-refractivity contribution in [3.8, 4) is 5.75 Å². The van der Waals surface area contributed by atoms with E-state index in [0.717, 1.165) is 24.5 Å². The molecule has 1 aliphatic carbocycles. The van der Waals surface area contributed by atoms with Gasteiger partial charge in [-0.05, 0) is 30.6 Å². The summed E-state index contributed by atoms with van der Waals surface area (Å²) in [5, 5.41) is 0. The van der Waals surface area contributed by atoms with Crippen LogP contribution in [0.15, 0.2) is 18.5 Å². The molecule has 3 heteroatoms. The number of hydrogen-bond acceptors (Lipinski definition) is 3. The van der Waals surface area contributed by atoms with Gasteiger partial charge in [0.05, 0.1) is 24.2 Å². The highest BCUT2D eigenvalue weighted by atomic mass is 16.5. The fourth-order valence-corrected chi connectivity index (χ4v) is 3.04. The van der Waals surface area contributed by atoms with E-state index in [2.05, 4.69) is 25.8 Å². The van der Waals surface area contributed by atoms with Gasteiger partial charge in [0.15, 0.2) is 0 Å². The van der Waals surface area contributed by atoms with E-state index >= 15 is 0 Å². The SMILES string of the molecule is CC1CC(Oc2cncc(N)c2)CC(C)(C)C1. The maximum atomic E-state index is 6.00. The highest BCUT2D eigenvalue weighted by Gasteiger charge is 2.33. The number of nitrogens with zero attached hydrogens (tertiary/aromatic N) is 1. The molecule has 2 unspecified atom stereocenters. The van der Waals surface area contributed by atoms with E-state index in [1.165, 1.54) is 6.42 Å². The second-order valence-electron chi connectivity index (χ2n) is 6.11. The van der Waals surface area contributed by atoms with Crippen molar-refractivity contribution in [3.05, 3.63) is 18.5 Å². The molecule has 1 heterocycles. The number of nitrogen functional groups attached to an aromatic ring is 1. The molecule has 0 saturated heterocycles. The first kappa shape index (κ1) is 12.2. The third-order valence-corrected chi connectivity index (χ3v) is 3.38. The molecule has 1 aromatic rings. The number of ether oxygens (including phenoxy) is 1. The van der Waals surface area contributed by atoms with Crippen LogP contribution in [0.1, 0.15) is 40.0 Å². The summed E-state index contributed by atoms with van der Waals surface area (Å²) in [5.74, 6) is 1.51. The zero-order valence-electron chi connectivity index (χ0n) is 10.9. The van der Waals surface area contributed by atoms with Crippen molar-refractivity contribution in [1.29, 1.82) is 0 Å². The number of aromatic nitrogens is 1. The van der Waals surface area contributed by atoms with Crippen molar-refractivity contribution in [1.82, 2.24) is 4.98 Å². The molecular formula is C14H22N2O. The minimum Gasteiger partial charge on any atom is -0.489 e. The third-order valence-electron chi connectivity index (χ3n) is 3.38. The molecule has 0 aromatic carbocycles. The summed E-state index contributed by atoms with van der Waals surface area (Å²) >= 11 is 0. The summed E-state index contributed by atoms with van der Waals surface area (Å²) < 4.78 is 6.00. The monoisotopic (exact) mass is 234 g/mol. The fraction of sp³-hybridized carbons (Fsp3) is 0.643. The average Bonchev–Trinajstić information content (AvgIpc) is 2.13. The molecular weight excluding hydrogens is 212 g/mol. The topological polar surface area (TPSA) is 48.1 Å². The van der Waals surface area contributed by atoms with E-state index < -0.39 is 0 Å². The second kappa shape index (κ2) is 4.55. The molecule has 1 saturated carbocycles. The maximum absolute atomic E-state index is 6.00. The average molecular weight is 234 g/mol. The van der Waals surface area contributed by atoms with Gasteiger partial charge in [-0.1, -0.05) is 20.8 Å². The Kier molecular flexibility index (Phi) is 3.27. The Hall–Kier alpha value is -1.25. The van der Waals surface area contributed by atoms with Crippen LogP contribution < -0.4 is 10.5 Å². The van der Waals surface area contributed by atoms with Gasteiger partial charge in [0.1, 0.15) is 5.75 Å². The Bertz CT molecular complexity index is 390. The normalized spacial score (nSPS) is 27.7. The number of anilines is 1. The zero-order chi connectivity index (χ0) is 12.5.